The molecule has 0 aromatic rings. The zero-order valence-electron chi connectivity index (χ0n) is 4.20. The van der Waals surface area contributed by atoms with E-state index in [1.54, 1.807) is 7.05 Å². The van der Waals surface area contributed by atoms with Crippen LogP contribution >= 0.6 is 15.9 Å². The number of carbonyl (C=O) groups excluding carboxylic acids is 1. The molecule has 0 saturated carbocycles. The molecule has 0 heterocycles. The molecule has 0 rings (SSSR count). The summed E-state index contributed by atoms with van der Waals surface area (Å²) in [6.07, 6.45) is 0.566. The fourth-order valence-electron chi connectivity index (χ4n) is 0.211. The number of hydrogen-bond donors (Lipinski definition) is 1. The van der Waals surface area contributed by atoms with E-state index in [9.17, 15) is 4.79 Å². The third kappa shape index (κ3) is 3.79. The van der Waals surface area contributed by atoms with E-state index in [0.29, 0.717) is 6.42 Å². The molecule has 1 amide bonds. The maximum absolute atomic E-state index is 10.3. The highest BCUT2D eigenvalue weighted by Gasteiger charge is 1.90. The Bertz CT molecular complexity index is 64.7. The van der Waals surface area contributed by atoms with Gasteiger partial charge in [0.2, 0.25) is 5.91 Å². The van der Waals surface area contributed by atoms with Crippen LogP contribution in [0, 0.1) is 0 Å². The van der Waals surface area contributed by atoms with Gasteiger partial charge >= 0.3 is 0 Å². The van der Waals surface area contributed by atoms with Gasteiger partial charge in [-0.05, 0) is 0 Å². The first kappa shape index (κ1) is 6.95. The molecular weight excluding hydrogens is 158 g/mol. The van der Waals surface area contributed by atoms with Crippen LogP contribution in [-0.4, -0.2) is 18.3 Å². The second-order valence-electron chi connectivity index (χ2n) is 1.11. The van der Waals surface area contributed by atoms with E-state index >= 15 is 0 Å². The molecule has 0 saturated heterocycles. The average molecular weight is 166 g/mol. The summed E-state index contributed by atoms with van der Waals surface area (Å²) in [7, 11) is 1.63. The van der Waals surface area contributed by atoms with Gasteiger partial charge in [-0.25, -0.2) is 0 Å². The Balaban J connectivity index is 3.00. The topological polar surface area (TPSA) is 29.1 Å². The third-order valence-electron chi connectivity index (χ3n) is 0.600. The Kier molecular flexibility index (Phi) is 4.09. The molecule has 0 radical (unpaired) electrons. The molecule has 0 aliphatic heterocycles. The van der Waals surface area contributed by atoms with Crippen LogP contribution in [0.5, 0.6) is 0 Å². The molecule has 0 aliphatic carbocycles. The molecule has 0 aromatic heterocycles. The molecule has 0 unspecified atom stereocenters. The second kappa shape index (κ2) is 4.12. The van der Waals surface area contributed by atoms with Gasteiger partial charge in [0, 0.05) is 18.8 Å². The van der Waals surface area contributed by atoms with E-state index in [0.717, 1.165) is 5.33 Å². The summed E-state index contributed by atoms with van der Waals surface area (Å²) in [4.78, 5) is 10.3. The monoisotopic (exact) mass is 165 g/mol. The van der Waals surface area contributed by atoms with Crippen molar-refractivity contribution in [2.24, 2.45) is 0 Å². The molecule has 42 valence electrons. The van der Waals surface area contributed by atoms with Crippen molar-refractivity contribution in [3.05, 3.63) is 0 Å². The Morgan fingerprint density at radius 2 is 2.43 bits per heavy atom. The summed E-state index contributed by atoms with van der Waals surface area (Å²) < 4.78 is 0. The molecule has 7 heavy (non-hydrogen) atoms. The van der Waals surface area contributed by atoms with Crippen LogP contribution < -0.4 is 5.32 Å². The number of carbonyl (C=O) groups is 1. The molecule has 0 atom stereocenters. The smallest absolute Gasteiger partial charge is 0.220 e. The predicted molar refractivity (Wildman–Crippen MR) is 32.5 cm³/mol. The Morgan fingerprint density at radius 1 is 1.86 bits per heavy atom. The maximum Gasteiger partial charge on any atom is 0.220 e. The SMILES string of the molecule is CNC(=O)CCBr. The molecule has 2 nitrogen and oxygen atoms in total. The lowest BCUT2D eigenvalue weighted by Crippen LogP contribution is -2.17. The zero-order chi connectivity index (χ0) is 5.70. The largest absolute Gasteiger partial charge is 0.359 e. The molecule has 0 aliphatic rings. The van der Waals surface area contributed by atoms with Gasteiger partial charge in [0.1, 0.15) is 0 Å². The van der Waals surface area contributed by atoms with Gasteiger partial charge < -0.3 is 5.32 Å². The van der Waals surface area contributed by atoms with Crippen LogP contribution in [0.2, 0.25) is 0 Å². The summed E-state index contributed by atoms with van der Waals surface area (Å²) in [6, 6.07) is 0. The fraction of sp³-hybridized carbons (Fsp3) is 0.750. The van der Waals surface area contributed by atoms with Crippen LogP contribution in [0.1, 0.15) is 6.42 Å². The van der Waals surface area contributed by atoms with E-state index in [4.69, 9.17) is 0 Å². The lowest BCUT2D eigenvalue weighted by molar-refractivity contribution is -0.120. The van der Waals surface area contributed by atoms with E-state index < -0.39 is 0 Å². The summed E-state index contributed by atoms with van der Waals surface area (Å²) in [5.41, 5.74) is 0. The zero-order valence-corrected chi connectivity index (χ0v) is 5.79. The van der Waals surface area contributed by atoms with Crippen molar-refractivity contribution in [2.45, 2.75) is 6.42 Å². The number of amides is 1. The minimum atomic E-state index is 0.0804. The van der Waals surface area contributed by atoms with Crippen LogP contribution in [0.15, 0.2) is 0 Å². The average Bonchev–Trinajstić information content (AvgIpc) is 1.68. The van der Waals surface area contributed by atoms with Gasteiger partial charge in [-0.2, -0.15) is 0 Å². The fourth-order valence-corrected chi connectivity index (χ4v) is 0.571. The summed E-state index contributed by atoms with van der Waals surface area (Å²) in [5.74, 6) is 0.0804. The molecule has 0 bridgehead atoms. The van der Waals surface area contributed by atoms with Crippen molar-refractivity contribution in [1.82, 2.24) is 5.32 Å². The van der Waals surface area contributed by atoms with Crippen molar-refractivity contribution in [1.29, 1.82) is 0 Å². The van der Waals surface area contributed by atoms with Crippen molar-refractivity contribution in [3.8, 4) is 0 Å². The van der Waals surface area contributed by atoms with Gasteiger partial charge in [0.05, 0.1) is 0 Å². The predicted octanol–water partition coefficient (Wildman–Crippen LogP) is 0.517. The first-order valence-corrected chi connectivity index (χ1v) is 3.20. The van der Waals surface area contributed by atoms with Crippen molar-refractivity contribution in [2.75, 3.05) is 12.4 Å². The molecule has 0 fully saturated rings. The van der Waals surface area contributed by atoms with E-state index in [-0.39, 0.29) is 5.91 Å². The van der Waals surface area contributed by atoms with Gasteiger partial charge in [-0.1, -0.05) is 15.9 Å². The Morgan fingerprint density at radius 3 is 2.57 bits per heavy atom. The highest BCUT2D eigenvalue weighted by atomic mass is 79.9. The van der Waals surface area contributed by atoms with Gasteiger partial charge in [0.25, 0.3) is 0 Å². The lowest BCUT2D eigenvalue weighted by Gasteiger charge is -1.90. The molecule has 3 heteroatoms. The number of nitrogens with one attached hydrogen (secondary N) is 1. The van der Waals surface area contributed by atoms with Crippen LogP contribution in [-0.2, 0) is 4.79 Å². The standard InChI is InChI=1S/C4H8BrNO/c1-6-4(7)2-3-5/h2-3H2,1H3,(H,6,7). The van der Waals surface area contributed by atoms with E-state index in [1.165, 1.54) is 0 Å². The highest BCUT2D eigenvalue weighted by molar-refractivity contribution is 9.09. The Hall–Kier alpha value is -0.0500. The van der Waals surface area contributed by atoms with Crippen molar-refractivity contribution in [3.63, 3.8) is 0 Å². The maximum atomic E-state index is 10.3. The Labute approximate surface area is 51.4 Å². The van der Waals surface area contributed by atoms with E-state index in [2.05, 4.69) is 21.2 Å². The first-order chi connectivity index (χ1) is 3.31. The highest BCUT2D eigenvalue weighted by Crippen LogP contribution is 1.84. The summed E-state index contributed by atoms with van der Waals surface area (Å²) >= 11 is 3.13. The quantitative estimate of drug-likeness (QED) is 0.595. The minimum Gasteiger partial charge on any atom is -0.359 e. The lowest BCUT2D eigenvalue weighted by atomic mass is 10.5. The third-order valence-corrected chi connectivity index (χ3v) is 0.997. The number of hydrogen-bond acceptors (Lipinski definition) is 1. The number of alkyl halides is 1. The first-order valence-electron chi connectivity index (χ1n) is 2.07. The summed E-state index contributed by atoms with van der Waals surface area (Å²) in [5, 5.41) is 3.24. The molecular formula is C4H8BrNO. The minimum absolute atomic E-state index is 0.0804. The van der Waals surface area contributed by atoms with Crippen LogP contribution in [0.25, 0.3) is 0 Å². The van der Waals surface area contributed by atoms with Crippen LogP contribution in [0.4, 0.5) is 0 Å². The number of halogens is 1. The van der Waals surface area contributed by atoms with Crippen molar-refractivity contribution >= 4 is 21.8 Å². The van der Waals surface area contributed by atoms with Gasteiger partial charge in [-0.3, -0.25) is 4.79 Å². The van der Waals surface area contributed by atoms with Gasteiger partial charge in [0.15, 0.2) is 0 Å². The van der Waals surface area contributed by atoms with Gasteiger partial charge in [-0.15, -0.1) is 0 Å². The van der Waals surface area contributed by atoms with E-state index in [1.807, 2.05) is 0 Å². The molecule has 0 spiro atoms. The number of rotatable bonds is 2. The second-order valence-corrected chi connectivity index (χ2v) is 1.91. The molecule has 1 N–H and O–H groups in total. The van der Waals surface area contributed by atoms with Crippen molar-refractivity contribution < 1.29 is 4.79 Å². The normalized spacial score (nSPS) is 8.29. The molecule has 0 aromatic carbocycles. The van der Waals surface area contributed by atoms with Crippen LogP contribution in [0.3, 0.4) is 0 Å². The summed E-state index contributed by atoms with van der Waals surface area (Å²) in [6.45, 7) is 0.